The van der Waals surface area contributed by atoms with E-state index in [0.717, 1.165) is 49.9 Å². The van der Waals surface area contributed by atoms with Gasteiger partial charge in [-0.15, -0.1) is 0 Å². The zero-order valence-electron chi connectivity index (χ0n) is 20.2. The summed E-state index contributed by atoms with van der Waals surface area (Å²) in [6, 6.07) is 7.35. The van der Waals surface area contributed by atoms with Crippen molar-refractivity contribution in [3.05, 3.63) is 60.2 Å². The van der Waals surface area contributed by atoms with Crippen LogP contribution in [0.15, 0.2) is 49.1 Å². The monoisotopic (exact) mass is 468 g/mol. The van der Waals surface area contributed by atoms with Crippen LogP contribution < -0.4 is 21.3 Å². The average molecular weight is 469 g/mol. The molecule has 2 aromatic rings. The standard InChI is InChI=1S/C26H40N6O2/c33-25(31-21-23-11-17-27-18-12-23)29-15-9-7-5-3-1-2-4-6-8-10-16-30-26(34)32-22-24-13-19-28-20-14-24/h11-14,17-20H,1-10,15-16,21-22H2,(H2,29,31,33)(H2,30,32,34). The van der Waals surface area contributed by atoms with Crippen molar-refractivity contribution in [2.75, 3.05) is 13.1 Å². The number of hydrogen-bond donors (Lipinski definition) is 4. The molecule has 0 aliphatic rings. The third kappa shape index (κ3) is 14.1. The summed E-state index contributed by atoms with van der Waals surface area (Å²) < 4.78 is 0. The van der Waals surface area contributed by atoms with Gasteiger partial charge in [-0.05, 0) is 48.2 Å². The first-order valence-corrected chi connectivity index (χ1v) is 12.6. The van der Waals surface area contributed by atoms with Crippen molar-refractivity contribution < 1.29 is 9.59 Å². The minimum absolute atomic E-state index is 0.113. The number of nitrogens with one attached hydrogen (secondary N) is 4. The van der Waals surface area contributed by atoms with Crippen LogP contribution in [0.4, 0.5) is 9.59 Å². The van der Waals surface area contributed by atoms with Gasteiger partial charge in [0.2, 0.25) is 0 Å². The number of nitrogens with zero attached hydrogens (tertiary/aromatic N) is 2. The molecule has 186 valence electrons. The maximum absolute atomic E-state index is 11.8. The van der Waals surface area contributed by atoms with Crippen LogP contribution in [-0.4, -0.2) is 35.1 Å². The fourth-order valence-corrected chi connectivity index (χ4v) is 3.56. The van der Waals surface area contributed by atoms with Crippen LogP contribution in [0.5, 0.6) is 0 Å². The molecule has 8 nitrogen and oxygen atoms in total. The molecule has 0 saturated carbocycles. The number of carbonyl (C=O) groups is 2. The summed E-state index contributed by atoms with van der Waals surface area (Å²) in [6.07, 6.45) is 18.7. The van der Waals surface area contributed by atoms with E-state index in [9.17, 15) is 9.59 Å². The van der Waals surface area contributed by atoms with E-state index in [0.29, 0.717) is 13.1 Å². The lowest BCUT2D eigenvalue weighted by Gasteiger charge is -2.08. The molecule has 8 heteroatoms. The number of pyridine rings is 2. The molecule has 0 spiro atoms. The SMILES string of the molecule is O=C(NCCCCCCCCCCCCNC(=O)NCc1ccncc1)NCc1ccncc1. The van der Waals surface area contributed by atoms with Gasteiger partial charge in [-0.2, -0.15) is 0 Å². The quantitative estimate of drug-likeness (QED) is 0.253. The molecule has 0 aliphatic carbocycles. The summed E-state index contributed by atoms with van der Waals surface area (Å²) in [5.74, 6) is 0. The molecule has 0 fully saturated rings. The summed E-state index contributed by atoms with van der Waals surface area (Å²) in [7, 11) is 0. The molecule has 0 unspecified atom stereocenters. The van der Waals surface area contributed by atoms with Gasteiger partial charge >= 0.3 is 12.1 Å². The summed E-state index contributed by atoms with van der Waals surface area (Å²) >= 11 is 0. The van der Waals surface area contributed by atoms with Gasteiger partial charge in [0.25, 0.3) is 0 Å². The van der Waals surface area contributed by atoms with E-state index >= 15 is 0 Å². The van der Waals surface area contributed by atoms with Crippen LogP contribution in [0.3, 0.4) is 0 Å². The fourth-order valence-electron chi connectivity index (χ4n) is 3.56. The Morgan fingerprint density at radius 2 is 0.824 bits per heavy atom. The van der Waals surface area contributed by atoms with Crippen LogP contribution in [0, 0.1) is 0 Å². The summed E-state index contributed by atoms with van der Waals surface area (Å²) in [5.41, 5.74) is 2.09. The van der Waals surface area contributed by atoms with E-state index in [2.05, 4.69) is 31.2 Å². The average Bonchev–Trinajstić information content (AvgIpc) is 2.87. The smallest absolute Gasteiger partial charge is 0.315 e. The van der Waals surface area contributed by atoms with Gasteiger partial charge in [-0.25, -0.2) is 9.59 Å². The minimum atomic E-state index is -0.113. The molecule has 2 heterocycles. The molecular weight excluding hydrogens is 428 g/mol. The number of hydrogen-bond acceptors (Lipinski definition) is 4. The Hall–Kier alpha value is -3.16. The number of aromatic nitrogens is 2. The highest BCUT2D eigenvalue weighted by Crippen LogP contribution is 2.10. The maximum atomic E-state index is 11.8. The van der Waals surface area contributed by atoms with Crippen LogP contribution in [-0.2, 0) is 13.1 Å². The van der Waals surface area contributed by atoms with E-state index in [4.69, 9.17) is 0 Å². The second-order valence-corrected chi connectivity index (χ2v) is 8.47. The first kappa shape index (κ1) is 27.1. The maximum Gasteiger partial charge on any atom is 0.315 e. The van der Waals surface area contributed by atoms with Gasteiger partial charge in [-0.3, -0.25) is 9.97 Å². The van der Waals surface area contributed by atoms with Gasteiger partial charge in [0.1, 0.15) is 0 Å². The van der Waals surface area contributed by atoms with E-state index in [-0.39, 0.29) is 12.1 Å². The Morgan fingerprint density at radius 1 is 0.500 bits per heavy atom. The Balaban J connectivity index is 1.28. The van der Waals surface area contributed by atoms with Crippen molar-refractivity contribution in [1.29, 1.82) is 0 Å². The van der Waals surface area contributed by atoms with E-state index in [1.807, 2.05) is 24.3 Å². The molecule has 34 heavy (non-hydrogen) atoms. The second-order valence-electron chi connectivity index (χ2n) is 8.47. The normalized spacial score (nSPS) is 10.5. The van der Waals surface area contributed by atoms with Crippen molar-refractivity contribution in [1.82, 2.24) is 31.2 Å². The van der Waals surface area contributed by atoms with Crippen molar-refractivity contribution in [3.63, 3.8) is 0 Å². The highest BCUT2D eigenvalue weighted by Gasteiger charge is 2.01. The number of amides is 4. The lowest BCUT2D eigenvalue weighted by atomic mass is 10.1. The zero-order chi connectivity index (χ0) is 24.1. The predicted molar refractivity (Wildman–Crippen MR) is 135 cm³/mol. The second kappa shape index (κ2) is 18.3. The Labute approximate surface area is 203 Å². The van der Waals surface area contributed by atoms with Gasteiger partial charge < -0.3 is 21.3 Å². The molecule has 0 aliphatic heterocycles. The van der Waals surface area contributed by atoms with Crippen molar-refractivity contribution in [2.45, 2.75) is 77.3 Å². The van der Waals surface area contributed by atoms with Gasteiger partial charge in [0, 0.05) is 51.0 Å². The van der Waals surface area contributed by atoms with Crippen molar-refractivity contribution >= 4 is 12.1 Å². The Morgan fingerprint density at radius 3 is 1.18 bits per heavy atom. The van der Waals surface area contributed by atoms with Gasteiger partial charge in [-0.1, -0.05) is 51.4 Å². The third-order valence-corrected chi connectivity index (χ3v) is 5.58. The predicted octanol–water partition coefficient (Wildman–Crippen LogP) is 4.68. The summed E-state index contributed by atoms with van der Waals surface area (Å²) in [4.78, 5) is 31.5. The fraction of sp³-hybridized carbons (Fsp3) is 0.538. The molecule has 0 saturated heterocycles. The molecule has 4 amide bonds. The third-order valence-electron chi connectivity index (χ3n) is 5.58. The number of unbranched alkanes of at least 4 members (excludes halogenated alkanes) is 9. The molecule has 0 aromatic carbocycles. The van der Waals surface area contributed by atoms with Crippen LogP contribution >= 0.6 is 0 Å². The largest absolute Gasteiger partial charge is 0.338 e. The Kier molecular flexibility index (Phi) is 14.6. The molecule has 2 rings (SSSR count). The van der Waals surface area contributed by atoms with Crippen molar-refractivity contribution in [3.8, 4) is 0 Å². The molecule has 0 radical (unpaired) electrons. The van der Waals surface area contributed by atoms with E-state index in [1.165, 1.54) is 38.5 Å². The molecular formula is C26H40N6O2. The zero-order valence-corrected chi connectivity index (χ0v) is 20.2. The first-order chi connectivity index (χ1) is 16.7. The van der Waals surface area contributed by atoms with Gasteiger partial charge in [0.15, 0.2) is 0 Å². The highest BCUT2D eigenvalue weighted by atomic mass is 16.2. The van der Waals surface area contributed by atoms with Crippen molar-refractivity contribution in [2.24, 2.45) is 0 Å². The topological polar surface area (TPSA) is 108 Å². The Bertz CT molecular complexity index is 721. The number of carbonyl (C=O) groups excluding carboxylic acids is 2. The lowest BCUT2D eigenvalue weighted by Crippen LogP contribution is -2.35. The highest BCUT2D eigenvalue weighted by molar-refractivity contribution is 5.74. The molecule has 0 bridgehead atoms. The van der Waals surface area contributed by atoms with Gasteiger partial charge in [0.05, 0.1) is 0 Å². The molecule has 4 N–H and O–H groups in total. The first-order valence-electron chi connectivity index (χ1n) is 12.6. The summed E-state index contributed by atoms with van der Waals surface area (Å²) in [6.45, 7) is 2.48. The minimum Gasteiger partial charge on any atom is -0.338 e. The number of urea groups is 2. The lowest BCUT2D eigenvalue weighted by molar-refractivity contribution is 0.239. The number of rotatable bonds is 17. The van der Waals surface area contributed by atoms with Crippen LogP contribution in [0.25, 0.3) is 0 Å². The molecule has 2 aromatic heterocycles. The molecule has 0 atom stereocenters. The summed E-state index contributed by atoms with van der Waals surface area (Å²) in [5, 5.41) is 11.5. The van der Waals surface area contributed by atoms with E-state index < -0.39 is 0 Å². The van der Waals surface area contributed by atoms with E-state index in [1.54, 1.807) is 24.8 Å². The van der Waals surface area contributed by atoms with Crippen LogP contribution in [0.1, 0.15) is 75.3 Å². The van der Waals surface area contributed by atoms with Crippen LogP contribution in [0.2, 0.25) is 0 Å².